The van der Waals surface area contributed by atoms with Gasteiger partial charge in [-0.2, -0.15) is 0 Å². The second-order valence-corrected chi connectivity index (χ2v) is 6.47. The van der Waals surface area contributed by atoms with Gasteiger partial charge in [-0.15, -0.1) is 0 Å². The van der Waals surface area contributed by atoms with Crippen LogP contribution >= 0.6 is 11.8 Å². The zero-order valence-electron chi connectivity index (χ0n) is 13.3. The largest absolute Gasteiger partial charge is 0.467 e. The van der Waals surface area contributed by atoms with Gasteiger partial charge < -0.3 is 4.42 Å². The molecule has 0 saturated heterocycles. The fourth-order valence-corrected chi connectivity index (χ4v) is 3.52. The van der Waals surface area contributed by atoms with Crippen molar-refractivity contribution in [3.05, 3.63) is 88.9 Å². The lowest BCUT2D eigenvalue weighted by Crippen LogP contribution is -2.23. The summed E-state index contributed by atoms with van der Waals surface area (Å²) in [5.74, 6) is 1.42. The van der Waals surface area contributed by atoms with Crippen molar-refractivity contribution < 1.29 is 4.42 Å². The molecule has 1 aromatic carbocycles. The first-order valence-electron chi connectivity index (χ1n) is 7.85. The lowest BCUT2D eigenvalue weighted by Gasteiger charge is -2.12. The normalized spacial score (nSPS) is 11.0. The Hall–Kier alpha value is -2.86. The van der Waals surface area contributed by atoms with Crippen LogP contribution in [-0.4, -0.2) is 14.5 Å². The first kappa shape index (κ1) is 15.7. The van der Waals surface area contributed by atoms with Gasteiger partial charge in [0, 0.05) is 18.1 Å². The molecule has 0 bridgehead atoms. The van der Waals surface area contributed by atoms with Gasteiger partial charge in [-0.25, -0.2) is 4.98 Å². The second-order valence-electron chi connectivity index (χ2n) is 5.53. The Bertz CT molecular complexity index is 1040. The maximum absolute atomic E-state index is 12.9. The molecule has 4 aromatic rings. The summed E-state index contributed by atoms with van der Waals surface area (Å²) in [5, 5.41) is 1.28. The molecule has 6 heteroatoms. The third kappa shape index (κ3) is 3.34. The highest BCUT2D eigenvalue weighted by atomic mass is 32.2. The van der Waals surface area contributed by atoms with E-state index in [9.17, 15) is 4.79 Å². The highest BCUT2D eigenvalue weighted by molar-refractivity contribution is 7.98. The first-order valence-corrected chi connectivity index (χ1v) is 8.83. The van der Waals surface area contributed by atoms with Gasteiger partial charge in [-0.05, 0) is 35.9 Å². The smallest absolute Gasteiger partial charge is 0.262 e. The molecule has 25 heavy (non-hydrogen) atoms. The summed E-state index contributed by atoms with van der Waals surface area (Å²) in [6.45, 7) is 0.360. The number of benzene rings is 1. The summed E-state index contributed by atoms with van der Waals surface area (Å²) in [7, 11) is 0. The Morgan fingerprint density at radius 3 is 2.80 bits per heavy atom. The standard InChI is InChI=1S/C19H15N3O2S/c23-18-16-7-1-2-8-17(16)21-19(22(18)12-15-6-4-10-24-15)25-13-14-5-3-9-20-11-14/h1-11H,12-13H2. The zero-order chi connectivity index (χ0) is 17.1. The van der Waals surface area contributed by atoms with Crippen LogP contribution in [0.15, 0.2) is 81.6 Å². The van der Waals surface area contributed by atoms with Gasteiger partial charge >= 0.3 is 0 Å². The van der Waals surface area contributed by atoms with Crippen LogP contribution in [0.3, 0.4) is 0 Å². The molecule has 0 aliphatic rings. The summed E-state index contributed by atoms with van der Waals surface area (Å²) in [6, 6.07) is 15.0. The van der Waals surface area contributed by atoms with Crippen molar-refractivity contribution in [2.75, 3.05) is 0 Å². The minimum Gasteiger partial charge on any atom is -0.467 e. The van der Waals surface area contributed by atoms with E-state index >= 15 is 0 Å². The Morgan fingerprint density at radius 1 is 1.08 bits per heavy atom. The molecule has 0 N–H and O–H groups in total. The average molecular weight is 349 g/mol. The summed E-state index contributed by atoms with van der Waals surface area (Å²) >= 11 is 1.52. The summed E-state index contributed by atoms with van der Waals surface area (Å²) in [4.78, 5) is 21.8. The molecule has 3 aromatic heterocycles. The number of nitrogens with zero attached hydrogens (tertiary/aromatic N) is 3. The van der Waals surface area contributed by atoms with Gasteiger partial charge in [0.25, 0.3) is 5.56 Å². The molecule has 0 unspecified atom stereocenters. The molecule has 0 amide bonds. The molecule has 4 rings (SSSR count). The van der Waals surface area contributed by atoms with Crippen LogP contribution < -0.4 is 5.56 Å². The van der Waals surface area contributed by atoms with Crippen LogP contribution in [-0.2, 0) is 12.3 Å². The summed E-state index contributed by atoms with van der Waals surface area (Å²) in [5.41, 5.74) is 1.73. The molecular formula is C19H15N3O2S. The molecule has 0 spiro atoms. The van der Waals surface area contributed by atoms with Crippen molar-refractivity contribution in [2.24, 2.45) is 0 Å². The molecular weight excluding hydrogens is 334 g/mol. The Morgan fingerprint density at radius 2 is 2.00 bits per heavy atom. The number of para-hydroxylation sites is 1. The van der Waals surface area contributed by atoms with Crippen molar-refractivity contribution in [1.29, 1.82) is 0 Å². The molecule has 124 valence electrons. The highest BCUT2D eigenvalue weighted by Crippen LogP contribution is 2.22. The maximum atomic E-state index is 12.9. The number of aromatic nitrogens is 3. The number of pyridine rings is 1. The number of furan rings is 1. The fraction of sp³-hybridized carbons (Fsp3) is 0.105. The summed E-state index contributed by atoms with van der Waals surface area (Å²) < 4.78 is 7.08. The lowest BCUT2D eigenvalue weighted by atomic mass is 10.2. The van der Waals surface area contributed by atoms with E-state index in [4.69, 9.17) is 9.40 Å². The van der Waals surface area contributed by atoms with E-state index in [1.165, 1.54) is 11.8 Å². The number of hydrogen-bond acceptors (Lipinski definition) is 5. The Kier molecular flexibility index (Phi) is 4.35. The fourth-order valence-electron chi connectivity index (χ4n) is 2.59. The highest BCUT2D eigenvalue weighted by Gasteiger charge is 2.13. The van der Waals surface area contributed by atoms with Crippen LogP contribution in [0.2, 0.25) is 0 Å². The predicted molar refractivity (Wildman–Crippen MR) is 97.6 cm³/mol. The van der Waals surface area contributed by atoms with Crippen LogP contribution in [0, 0.1) is 0 Å². The third-order valence-electron chi connectivity index (χ3n) is 3.81. The number of fused-ring (bicyclic) bond motifs is 1. The van der Waals surface area contributed by atoms with Gasteiger partial charge in [-0.1, -0.05) is 30.0 Å². The molecule has 5 nitrogen and oxygen atoms in total. The molecule has 0 atom stereocenters. The first-order chi connectivity index (χ1) is 12.3. The minimum atomic E-state index is -0.0595. The topological polar surface area (TPSA) is 60.9 Å². The van der Waals surface area contributed by atoms with Gasteiger partial charge in [0.15, 0.2) is 5.16 Å². The molecule has 0 saturated carbocycles. The van der Waals surface area contributed by atoms with Crippen molar-refractivity contribution in [1.82, 2.24) is 14.5 Å². The van der Waals surface area contributed by atoms with Crippen LogP contribution in [0.5, 0.6) is 0 Å². The SMILES string of the molecule is O=c1c2ccccc2nc(SCc2cccnc2)n1Cc1ccco1. The third-order valence-corrected chi connectivity index (χ3v) is 4.86. The molecule has 0 radical (unpaired) electrons. The maximum Gasteiger partial charge on any atom is 0.262 e. The van der Waals surface area contributed by atoms with E-state index < -0.39 is 0 Å². The second kappa shape index (κ2) is 6.94. The lowest BCUT2D eigenvalue weighted by molar-refractivity contribution is 0.476. The van der Waals surface area contributed by atoms with Crippen LogP contribution in [0.25, 0.3) is 10.9 Å². The van der Waals surface area contributed by atoms with Crippen molar-refractivity contribution in [3.8, 4) is 0 Å². The van der Waals surface area contributed by atoms with E-state index in [-0.39, 0.29) is 5.56 Å². The van der Waals surface area contributed by atoms with Gasteiger partial charge in [-0.3, -0.25) is 14.3 Å². The monoisotopic (exact) mass is 349 g/mol. The van der Waals surface area contributed by atoms with Crippen LogP contribution in [0.1, 0.15) is 11.3 Å². The van der Waals surface area contributed by atoms with Gasteiger partial charge in [0.1, 0.15) is 5.76 Å². The molecule has 0 aliphatic heterocycles. The number of hydrogen-bond donors (Lipinski definition) is 0. The van der Waals surface area contributed by atoms with Gasteiger partial charge in [0.2, 0.25) is 0 Å². The number of rotatable bonds is 5. The van der Waals surface area contributed by atoms with Gasteiger partial charge in [0.05, 0.1) is 23.7 Å². The van der Waals surface area contributed by atoms with E-state index in [0.29, 0.717) is 28.4 Å². The molecule has 0 fully saturated rings. The average Bonchev–Trinajstić information content (AvgIpc) is 3.17. The van der Waals surface area contributed by atoms with Crippen molar-refractivity contribution in [2.45, 2.75) is 17.5 Å². The van der Waals surface area contributed by atoms with Crippen molar-refractivity contribution >= 4 is 22.7 Å². The van der Waals surface area contributed by atoms with Crippen molar-refractivity contribution in [3.63, 3.8) is 0 Å². The number of thioether (sulfide) groups is 1. The van der Waals surface area contributed by atoms with E-state index in [1.807, 2.05) is 48.7 Å². The molecule has 0 aliphatic carbocycles. The summed E-state index contributed by atoms with van der Waals surface area (Å²) in [6.07, 6.45) is 5.18. The van der Waals surface area contributed by atoms with E-state index in [0.717, 1.165) is 11.3 Å². The van der Waals surface area contributed by atoms with E-state index in [2.05, 4.69) is 4.98 Å². The van der Waals surface area contributed by atoms with Crippen LogP contribution in [0.4, 0.5) is 0 Å². The zero-order valence-corrected chi connectivity index (χ0v) is 14.1. The Labute approximate surface area is 148 Å². The Balaban J connectivity index is 1.76. The minimum absolute atomic E-state index is 0.0595. The quantitative estimate of drug-likeness (QED) is 0.406. The van der Waals surface area contributed by atoms with E-state index in [1.54, 1.807) is 23.1 Å². The predicted octanol–water partition coefficient (Wildman–Crippen LogP) is 3.73. The molecule has 3 heterocycles.